The second-order valence-corrected chi connectivity index (χ2v) is 7.90. The molecule has 0 unspecified atom stereocenters. The molecule has 1 aromatic rings. The van der Waals surface area contributed by atoms with Gasteiger partial charge in [0.05, 0.1) is 18.5 Å². The zero-order valence-corrected chi connectivity index (χ0v) is 16.7. The first kappa shape index (κ1) is 23.2. The molecule has 0 aromatic carbocycles. The molecule has 0 spiro atoms. The summed E-state index contributed by atoms with van der Waals surface area (Å²) in [7, 11) is 0. The molecule has 0 bridgehead atoms. The molecular formula is C18H20F6N2O2S. The smallest absolute Gasteiger partial charge is 0.338 e. The zero-order chi connectivity index (χ0) is 22.1. The third-order valence-electron chi connectivity index (χ3n) is 4.42. The second kappa shape index (κ2) is 8.37. The number of hydrogen-bond donors (Lipinski definition) is 0. The van der Waals surface area contributed by atoms with E-state index in [-0.39, 0.29) is 34.3 Å². The van der Waals surface area contributed by atoms with E-state index in [0.29, 0.717) is 29.2 Å². The number of nitrogens with zero attached hydrogens (tertiary/aromatic N) is 2. The van der Waals surface area contributed by atoms with E-state index in [0.717, 1.165) is 6.92 Å². The topological polar surface area (TPSA) is 40.6 Å². The average molecular weight is 442 g/mol. The number of carbonyl (C=O) groups excluding carboxylic acids is 2. The maximum atomic E-state index is 13.9. The predicted octanol–water partition coefficient (Wildman–Crippen LogP) is 5.23. The van der Waals surface area contributed by atoms with Crippen molar-refractivity contribution in [1.29, 1.82) is 0 Å². The van der Waals surface area contributed by atoms with Crippen LogP contribution in [0.1, 0.15) is 49.1 Å². The molecule has 2 amide bonds. The van der Waals surface area contributed by atoms with Gasteiger partial charge >= 0.3 is 12.4 Å². The van der Waals surface area contributed by atoms with Gasteiger partial charge in [-0.1, -0.05) is 6.58 Å². The molecule has 1 saturated heterocycles. The minimum atomic E-state index is -4.83. The number of allylic oxidation sites excluding steroid dienone is 1. The van der Waals surface area contributed by atoms with Crippen LogP contribution in [0, 0.1) is 0 Å². The zero-order valence-electron chi connectivity index (χ0n) is 15.8. The summed E-state index contributed by atoms with van der Waals surface area (Å²) in [5.74, 6) is -1.10. The Balaban J connectivity index is 2.59. The third kappa shape index (κ3) is 5.52. The van der Waals surface area contributed by atoms with Gasteiger partial charge in [-0.2, -0.15) is 26.3 Å². The van der Waals surface area contributed by atoms with Gasteiger partial charge in [-0.25, -0.2) is 0 Å². The molecule has 0 aliphatic carbocycles. The van der Waals surface area contributed by atoms with Gasteiger partial charge in [0.2, 0.25) is 11.8 Å². The molecule has 2 heterocycles. The van der Waals surface area contributed by atoms with Gasteiger partial charge in [0.1, 0.15) is 5.00 Å². The van der Waals surface area contributed by atoms with Gasteiger partial charge in [0.25, 0.3) is 0 Å². The Bertz CT molecular complexity index is 812. The number of carbonyl (C=O) groups is 2. The van der Waals surface area contributed by atoms with Crippen molar-refractivity contribution in [3.63, 3.8) is 0 Å². The Morgan fingerprint density at radius 2 is 1.83 bits per heavy atom. The number of hydrogen-bond acceptors (Lipinski definition) is 3. The molecule has 1 aliphatic rings. The van der Waals surface area contributed by atoms with E-state index in [1.54, 1.807) is 0 Å². The van der Waals surface area contributed by atoms with Gasteiger partial charge < -0.3 is 9.80 Å². The number of halogens is 6. The molecule has 1 aromatic heterocycles. The lowest BCUT2D eigenvalue weighted by molar-refractivity contribution is -0.139. The van der Waals surface area contributed by atoms with Crippen LogP contribution in [0.5, 0.6) is 0 Å². The van der Waals surface area contributed by atoms with E-state index in [2.05, 4.69) is 6.58 Å². The van der Waals surface area contributed by atoms with E-state index in [1.807, 2.05) is 0 Å². The van der Waals surface area contributed by atoms with Crippen LogP contribution in [-0.4, -0.2) is 36.0 Å². The molecule has 1 fully saturated rings. The van der Waals surface area contributed by atoms with Crippen LogP contribution < -0.4 is 4.90 Å². The Labute approximate surface area is 167 Å². The molecule has 162 valence electrons. The van der Waals surface area contributed by atoms with Crippen molar-refractivity contribution in [2.75, 3.05) is 18.0 Å². The summed E-state index contributed by atoms with van der Waals surface area (Å²) in [6.07, 6.45) is -10.0. The van der Waals surface area contributed by atoms with Gasteiger partial charge in [0.15, 0.2) is 0 Å². The monoisotopic (exact) mass is 442 g/mol. The normalized spacial score (nSPS) is 15.2. The summed E-state index contributed by atoms with van der Waals surface area (Å²) < 4.78 is 79.6. The number of thiophene rings is 1. The number of rotatable bonds is 6. The van der Waals surface area contributed by atoms with Crippen molar-refractivity contribution in [1.82, 2.24) is 4.90 Å². The van der Waals surface area contributed by atoms with Crippen LogP contribution in [0.25, 0.3) is 5.57 Å². The first-order chi connectivity index (χ1) is 13.2. The summed E-state index contributed by atoms with van der Waals surface area (Å²) in [5.41, 5.74) is -1.48. The van der Waals surface area contributed by atoms with Gasteiger partial charge in [-0.05, 0) is 18.9 Å². The lowest BCUT2D eigenvalue weighted by atomic mass is 10.0. The molecule has 11 heteroatoms. The summed E-state index contributed by atoms with van der Waals surface area (Å²) >= 11 is 0.580. The first-order valence-electron chi connectivity index (χ1n) is 8.73. The highest BCUT2D eigenvalue weighted by atomic mass is 32.1. The van der Waals surface area contributed by atoms with E-state index in [9.17, 15) is 35.9 Å². The molecule has 0 N–H and O–H groups in total. The van der Waals surface area contributed by atoms with Gasteiger partial charge in [-0.3, -0.25) is 9.59 Å². The number of alkyl halides is 6. The highest BCUT2D eigenvalue weighted by Crippen LogP contribution is 2.48. The first-order valence-corrected chi connectivity index (χ1v) is 9.55. The van der Waals surface area contributed by atoms with Crippen LogP contribution in [0.4, 0.5) is 31.3 Å². The maximum absolute atomic E-state index is 13.9. The van der Waals surface area contributed by atoms with Crippen LogP contribution >= 0.6 is 11.3 Å². The van der Waals surface area contributed by atoms with Crippen LogP contribution in [-0.2, 0) is 22.3 Å². The number of amides is 2. The molecule has 4 nitrogen and oxygen atoms in total. The van der Waals surface area contributed by atoms with Crippen LogP contribution in [0.3, 0.4) is 0 Å². The summed E-state index contributed by atoms with van der Waals surface area (Å²) in [4.78, 5) is 25.6. The third-order valence-corrected chi connectivity index (χ3v) is 5.62. The Hall–Kier alpha value is -2.04. The van der Waals surface area contributed by atoms with Crippen molar-refractivity contribution >= 4 is 33.7 Å². The van der Waals surface area contributed by atoms with Crippen molar-refractivity contribution in [2.45, 2.75) is 52.0 Å². The van der Waals surface area contributed by atoms with Crippen molar-refractivity contribution in [3.8, 4) is 0 Å². The van der Waals surface area contributed by atoms with Crippen LogP contribution in [0.2, 0.25) is 0 Å². The fourth-order valence-corrected chi connectivity index (χ4v) is 4.63. The number of likely N-dealkylation sites (tertiary alicyclic amines) is 1. The Morgan fingerprint density at radius 1 is 1.21 bits per heavy atom. The molecule has 1 aliphatic heterocycles. The largest absolute Gasteiger partial charge is 0.418 e. The number of anilines is 1. The maximum Gasteiger partial charge on any atom is 0.418 e. The molecule has 29 heavy (non-hydrogen) atoms. The molecule has 0 saturated carbocycles. The predicted molar refractivity (Wildman–Crippen MR) is 97.4 cm³/mol. The van der Waals surface area contributed by atoms with Crippen molar-refractivity contribution in [2.24, 2.45) is 0 Å². The van der Waals surface area contributed by atoms with E-state index in [4.69, 9.17) is 0 Å². The second-order valence-electron chi connectivity index (χ2n) is 6.81. The SMILES string of the molecule is C=C(C)c1c(N(CCC(F)(F)F)C(C)=O)sc(CN2CCCC2=O)c1C(F)(F)F. The highest BCUT2D eigenvalue weighted by Gasteiger charge is 2.42. The van der Waals surface area contributed by atoms with Crippen LogP contribution in [0.15, 0.2) is 6.58 Å². The minimum Gasteiger partial charge on any atom is -0.338 e. The summed E-state index contributed by atoms with van der Waals surface area (Å²) in [6.45, 7) is 5.01. The van der Waals surface area contributed by atoms with Crippen molar-refractivity contribution < 1.29 is 35.9 Å². The Kier molecular flexibility index (Phi) is 6.71. The summed E-state index contributed by atoms with van der Waals surface area (Å²) in [6, 6.07) is 0. The molecular weight excluding hydrogens is 422 g/mol. The highest BCUT2D eigenvalue weighted by molar-refractivity contribution is 7.16. The standard InChI is InChI=1S/C18H20F6N2O2S/c1-10(2)14-15(18(22,23)24)12(9-25-7-4-5-13(25)28)29-16(14)26(11(3)27)8-6-17(19,20)21/h1,4-9H2,2-3H3. The molecule has 0 radical (unpaired) electrons. The Morgan fingerprint density at radius 3 is 2.24 bits per heavy atom. The molecule has 2 rings (SSSR count). The van der Waals surface area contributed by atoms with Gasteiger partial charge in [0, 0.05) is 36.9 Å². The van der Waals surface area contributed by atoms with Gasteiger partial charge in [-0.15, -0.1) is 11.3 Å². The van der Waals surface area contributed by atoms with Crippen molar-refractivity contribution in [3.05, 3.63) is 22.6 Å². The van der Waals surface area contributed by atoms with E-state index < -0.39 is 42.4 Å². The fraction of sp³-hybridized carbons (Fsp3) is 0.556. The van der Waals surface area contributed by atoms with E-state index >= 15 is 0 Å². The quantitative estimate of drug-likeness (QED) is 0.567. The fourth-order valence-electron chi connectivity index (χ4n) is 3.15. The lowest BCUT2D eigenvalue weighted by Gasteiger charge is -2.22. The molecule has 0 atom stereocenters. The van der Waals surface area contributed by atoms with E-state index in [1.165, 1.54) is 11.8 Å². The minimum absolute atomic E-state index is 0.0270. The average Bonchev–Trinajstić information content (AvgIpc) is 3.10. The lowest BCUT2D eigenvalue weighted by Crippen LogP contribution is -2.32. The summed E-state index contributed by atoms with van der Waals surface area (Å²) in [5, 5.41) is -0.233.